The third kappa shape index (κ3) is 22.9. The van der Waals surface area contributed by atoms with Crippen molar-refractivity contribution in [1.82, 2.24) is 42.5 Å². The molecule has 0 spiro atoms. The van der Waals surface area contributed by atoms with Crippen molar-refractivity contribution in [3.05, 3.63) is 59.7 Å². The zero-order valence-corrected chi connectivity index (χ0v) is 41.7. The molecule has 2 aromatic carbocycles. The number of nitrogens with one attached hydrogen (secondary N) is 8. The number of phenolic OH excluding ortho intramolecular Hbond substituents is 2. The van der Waals surface area contributed by atoms with Crippen LogP contribution in [0.15, 0.2) is 53.5 Å². The van der Waals surface area contributed by atoms with Gasteiger partial charge in [0, 0.05) is 19.4 Å². The Morgan fingerprint density at radius 3 is 1.24 bits per heavy atom. The number of carbonyl (C=O) groups is 9. The summed E-state index contributed by atoms with van der Waals surface area (Å²) in [7, 11) is 0. The van der Waals surface area contributed by atoms with Gasteiger partial charge in [0.05, 0.1) is 25.9 Å². The zero-order chi connectivity index (χ0) is 55.7. The average molecular weight is 1050 g/mol. The van der Waals surface area contributed by atoms with Gasteiger partial charge in [0.15, 0.2) is 5.96 Å². The number of nitrogens with two attached hydrogens (primary N) is 3. The highest BCUT2D eigenvalue weighted by atomic mass is 16.4. The molecule has 0 saturated heterocycles. The van der Waals surface area contributed by atoms with Gasteiger partial charge in [-0.1, -0.05) is 52.0 Å². The van der Waals surface area contributed by atoms with E-state index in [4.69, 9.17) is 22.3 Å². The summed E-state index contributed by atoms with van der Waals surface area (Å²) in [5.74, 6) is -9.94. The maximum atomic E-state index is 14.2. The van der Waals surface area contributed by atoms with Gasteiger partial charge < -0.3 is 90.4 Å². The number of phenols is 2. The average Bonchev–Trinajstić information content (AvgIpc) is 3.33. The van der Waals surface area contributed by atoms with Crippen LogP contribution in [-0.2, 0) is 56.0 Å². The first-order valence-corrected chi connectivity index (χ1v) is 23.7. The van der Waals surface area contributed by atoms with E-state index in [9.17, 15) is 68.7 Å². The van der Waals surface area contributed by atoms with E-state index in [1.165, 1.54) is 48.5 Å². The van der Waals surface area contributed by atoms with E-state index in [1.807, 2.05) is 19.2 Å². The lowest BCUT2D eigenvalue weighted by Gasteiger charge is -2.27. The molecule has 74 heavy (non-hydrogen) atoms. The number of aromatic hydroxyl groups is 2. The molecule has 0 aromatic heterocycles. The van der Waals surface area contributed by atoms with Crippen LogP contribution in [0.3, 0.4) is 0 Å². The summed E-state index contributed by atoms with van der Waals surface area (Å²) in [4.78, 5) is 123. The summed E-state index contributed by atoms with van der Waals surface area (Å²) in [5.41, 5.74) is 17.6. The van der Waals surface area contributed by atoms with Crippen LogP contribution in [0.2, 0.25) is 0 Å². The molecule has 0 aliphatic rings. The van der Waals surface area contributed by atoms with E-state index < -0.39 is 128 Å². The second-order valence-corrected chi connectivity index (χ2v) is 18.1. The molecule has 8 atom stereocenters. The number of amides is 8. The second-order valence-electron chi connectivity index (χ2n) is 18.1. The first kappa shape index (κ1) is 62.5. The Balaban J connectivity index is 2.38. The molecule has 0 aliphatic carbocycles. The predicted octanol–water partition coefficient (Wildman–Crippen LogP) is -5.07. The number of hydrogen-bond acceptors (Lipinski definition) is 16. The summed E-state index contributed by atoms with van der Waals surface area (Å²) >= 11 is 0. The largest absolute Gasteiger partial charge is 0.508 e. The molecule has 2 aromatic rings. The molecule has 0 aliphatic heterocycles. The van der Waals surface area contributed by atoms with Crippen molar-refractivity contribution in [3.8, 4) is 11.5 Å². The molecule has 0 radical (unpaired) electrons. The summed E-state index contributed by atoms with van der Waals surface area (Å²) in [5, 5.41) is 78.1. The Bertz CT molecular complexity index is 2230. The van der Waals surface area contributed by atoms with E-state index in [-0.39, 0.29) is 67.9 Å². The molecule has 27 nitrogen and oxygen atoms in total. The van der Waals surface area contributed by atoms with E-state index in [1.54, 1.807) is 13.8 Å². The third-order valence-electron chi connectivity index (χ3n) is 10.9. The quantitative estimate of drug-likeness (QED) is 0.0185. The highest BCUT2D eigenvalue weighted by molar-refractivity contribution is 5.98. The fourth-order valence-electron chi connectivity index (χ4n) is 7.03. The monoisotopic (exact) mass is 1040 g/mol. The van der Waals surface area contributed by atoms with Gasteiger partial charge in [-0.05, 0) is 72.9 Å². The zero-order valence-electron chi connectivity index (χ0n) is 41.7. The molecule has 0 unspecified atom stereocenters. The number of aliphatic carboxylic acids is 1. The predicted molar refractivity (Wildman–Crippen MR) is 266 cm³/mol. The van der Waals surface area contributed by atoms with Crippen LogP contribution < -0.4 is 59.7 Å². The maximum absolute atomic E-state index is 14.2. The van der Waals surface area contributed by atoms with Crippen LogP contribution in [0.5, 0.6) is 11.5 Å². The number of aliphatic imine (C=N–C) groups is 1. The molecule has 8 amide bonds. The van der Waals surface area contributed by atoms with Gasteiger partial charge in [0.2, 0.25) is 47.3 Å². The van der Waals surface area contributed by atoms with Gasteiger partial charge in [0.1, 0.15) is 60.3 Å². The van der Waals surface area contributed by atoms with Crippen molar-refractivity contribution in [1.29, 1.82) is 0 Å². The lowest BCUT2D eigenvalue weighted by Crippen LogP contribution is -2.62. The minimum atomic E-state index is -1.86. The number of carbonyl (C=O) groups excluding carboxylic acids is 8. The smallest absolute Gasteiger partial charge is 0.322 e. The van der Waals surface area contributed by atoms with Crippen molar-refractivity contribution in [2.24, 2.45) is 34.0 Å². The van der Waals surface area contributed by atoms with E-state index in [0.29, 0.717) is 17.5 Å². The van der Waals surface area contributed by atoms with E-state index >= 15 is 0 Å². The van der Waals surface area contributed by atoms with Crippen molar-refractivity contribution in [2.45, 2.75) is 115 Å². The van der Waals surface area contributed by atoms with Gasteiger partial charge in [-0.25, -0.2) is 0 Å². The fourth-order valence-corrected chi connectivity index (χ4v) is 7.03. The van der Waals surface area contributed by atoms with Gasteiger partial charge in [-0.15, -0.1) is 0 Å². The number of aliphatic hydroxyl groups excluding tert-OH is 3. The first-order chi connectivity index (χ1) is 34.9. The van der Waals surface area contributed by atoms with Crippen LogP contribution in [0.1, 0.15) is 64.5 Å². The lowest BCUT2D eigenvalue weighted by molar-refractivity contribution is -0.139. The standard InChI is InChI=1S/C47H72N12O15/c1-24(2)16-30(48)39(67)53-31(6-5-15-51-47(49)50)41(69)54-32(17-25(3)4)42(70)58-37(23-62)46(74)59-36(22-61)45(73)56-33(18-26-7-11-28(63)12-8-26)43(71)55-34(19-27-9-13-29(64)14-10-27)44(72)57-35(21-60)40(68)52-20-38(65)66/h7-14,24-25,30-37,60-64H,5-6,15-23,48H2,1-4H3,(H,52,68)(H,53,67)(H,54,69)(H,55,71)(H,56,73)(H,57,72)(H,58,70)(H,59,74)(H,65,66)(H4,49,50,51)/t30-,31-,32-,33-,34-,35-,36-,37-/m0/s1. The molecule has 20 N–H and O–H groups in total. The molecular formula is C47H72N12O15. The molecule has 0 saturated carbocycles. The van der Waals surface area contributed by atoms with Crippen molar-refractivity contribution in [2.75, 3.05) is 32.9 Å². The maximum Gasteiger partial charge on any atom is 0.322 e. The van der Waals surface area contributed by atoms with Gasteiger partial charge in [-0.3, -0.25) is 48.1 Å². The highest BCUT2D eigenvalue weighted by Gasteiger charge is 2.35. The Morgan fingerprint density at radius 2 is 0.851 bits per heavy atom. The van der Waals surface area contributed by atoms with Crippen molar-refractivity contribution in [3.63, 3.8) is 0 Å². The topological polar surface area (TPSA) is 462 Å². The SMILES string of the molecule is CC(C)C[C@H](NC(=O)[C@H](CCCN=C(N)N)NC(=O)[C@@H](N)CC(C)C)C(=O)N[C@@H](CO)C(=O)N[C@@H](CO)C(=O)N[C@@H](Cc1ccc(O)cc1)C(=O)N[C@@H](Cc1ccc(O)cc1)C(=O)N[C@@H](CO)C(=O)NCC(=O)O. The van der Waals surface area contributed by atoms with E-state index in [0.717, 1.165) is 0 Å². The van der Waals surface area contributed by atoms with Crippen LogP contribution in [0, 0.1) is 11.8 Å². The third-order valence-corrected chi connectivity index (χ3v) is 10.9. The molecule has 0 bridgehead atoms. The minimum absolute atomic E-state index is 0.00657. The van der Waals surface area contributed by atoms with Crippen molar-refractivity contribution < 1.29 is 73.8 Å². The number of carboxylic acids is 1. The number of guanidine groups is 1. The number of hydrogen-bond donors (Lipinski definition) is 17. The van der Waals surface area contributed by atoms with E-state index in [2.05, 4.69) is 42.2 Å². The summed E-state index contributed by atoms with van der Waals surface area (Å²) in [6, 6.07) is -1.21. The Hall–Kier alpha value is -7.62. The second kappa shape index (κ2) is 31.8. The van der Waals surface area contributed by atoms with Crippen LogP contribution in [0.25, 0.3) is 0 Å². The van der Waals surface area contributed by atoms with Crippen molar-refractivity contribution >= 4 is 59.2 Å². The minimum Gasteiger partial charge on any atom is -0.508 e. The number of rotatable bonds is 32. The van der Waals surface area contributed by atoms with Crippen LogP contribution in [-0.4, -0.2) is 171 Å². The molecule has 410 valence electrons. The summed E-state index contributed by atoms with van der Waals surface area (Å²) < 4.78 is 0. The summed E-state index contributed by atoms with van der Waals surface area (Å²) in [6.07, 6.45) is -0.0586. The molecular weight excluding hydrogens is 973 g/mol. The lowest BCUT2D eigenvalue weighted by atomic mass is 10.0. The molecule has 2 rings (SSSR count). The van der Waals surface area contributed by atoms with Gasteiger partial charge in [0.25, 0.3) is 0 Å². The Morgan fingerprint density at radius 1 is 0.500 bits per heavy atom. The van der Waals surface area contributed by atoms with Gasteiger partial charge in [-0.2, -0.15) is 0 Å². The first-order valence-electron chi connectivity index (χ1n) is 23.7. The molecule has 0 heterocycles. The molecule has 27 heteroatoms. The van der Waals surface area contributed by atoms with Crippen LogP contribution in [0.4, 0.5) is 0 Å². The molecule has 0 fully saturated rings. The number of aliphatic hydroxyl groups is 3. The number of benzene rings is 2. The normalized spacial score (nSPS) is 14.3. The van der Waals surface area contributed by atoms with Gasteiger partial charge >= 0.3 is 5.97 Å². The highest BCUT2D eigenvalue weighted by Crippen LogP contribution is 2.15. The number of carboxylic acid groups (broad SMARTS) is 1. The summed E-state index contributed by atoms with van der Waals surface area (Å²) in [6.45, 7) is 3.34. The fraction of sp³-hybridized carbons (Fsp3) is 0.532. The Kier molecular flexibility index (Phi) is 26.8. The number of nitrogens with zero attached hydrogens (tertiary/aromatic N) is 1. The Labute approximate surface area is 427 Å². The van der Waals surface area contributed by atoms with Crippen LogP contribution >= 0.6 is 0 Å².